The molecule has 1 aromatic rings. The van der Waals surface area contributed by atoms with Gasteiger partial charge in [0.25, 0.3) is 0 Å². The monoisotopic (exact) mass is 252 g/mol. The second-order valence-corrected chi connectivity index (χ2v) is 5.60. The van der Waals surface area contributed by atoms with Crippen LogP contribution in [0.15, 0.2) is 17.5 Å². The number of rotatable bonds is 7. The third-order valence-electron chi connectivity index (χ3n) is 2.92. The van der Waals surface area contributed by atoms with Crippen LogP contribution in [-0.2, 0) is 11.3 Å². The predicted molar refractivity (Wildman–Crippen MR) is 71.1 cm³/mol. The molecule has 0 aliphatic heterocycles. The highest BCUT2D eigenvalue weighted by molar-refractivity contribution is 7.09. The lowest BCUT2D eigenvalue weighted by molar-refractivity contribution is -0.122. The Morgan fingerprint density at radius 3 is 3.00 bits per heavy atom. The van der Waals surface area contributed by atoms with Crippen molar-refractivity contribution in [3.8, 4) is 0 Å². The molecule has 0 saturated heterocycles. The highest BCUT2D eigenvalue weighted by Gasteiger charge is 2.30. The molecule has 0 radical (unpaired) electrons. The van der Waals surface area contributed by atoms with Gasteiger partial charge < -0.3 is 5.32 Å². The largest absolute Gasteiger partial charge is 0.355 e. The molecule has 94 valence electrons. The lowest BCUT2D eigenvalue weighted by atomic mass is 10.3. The van der Waals surface area contributed by atoms with Gasteiger partial charge in [0.2, 0.25) is 5.91 Å². The first-order valence-corrected chi connectivity index (χ1v) is 7.20. The van der Waals surface area contributed by atoms with Crippen molar-refractivity contribution in [2.24, 2.45) is 0 Å². The Balaban J connectivity index is 1.82. The van der Waals surface area contributed by atoms with E-state index in [9.17, 15) is 4.79 Å². The molecule has 4 heteroatoms. The molecule has 0 atom stereocenters. The summed E-state index contributed by atoms with van der Waals surface area (Å²) in [6.45, 7) is 4.32. The summed E-state index contributed by atoms with van der Waals surface area (Å²) in [6, 6.07) is 4.84. The first-order valence-electron chi connectivity index (χ1n) is 6.32. The summed E-state index contributed by atoms with van der Waals surface area (Å²) in [5.41, 5.74) is 0. The summed E-state index contributed by atoms with van der Waals surface area (Å²) in [7, 11) is 0. The van der Waals surface area contributed by atoms with Crippen molar-refractivity contribution in [2.45, 2.75) is 38.8 Å². The second kappa shape index (κ2) is 6.17. The SMILES string of the molecule is CCCNC(=O)CN(Cc1cccs1)C1CC1. The number of thiophene rings is 1. The van der Waals surface area contributed by atoms with E-state index in [2.05, 4.69) is 34.7 Å². The van der Waals surface area contributed by atoms with Gasteiger partial charge in [-0.05, 0) is 30.7 Å². The number of carbonyl (C=O) groups excluding carboxylic acids is 1. The first kappa shape index (κ1) is 12.6. The molecular formula is C13H20N2OS. The Kier molecular flexibility index (Phi) is 4.57. The average Bonchev–Trinajstić information content (AvgIpc) is 3.05. The van der Waals surface area contributed by atoms with Crippen LogP contribution in [-0.4, -0.2) is 29.9 Å². The van der Waals surface area contributed by atoms with Gasteiger partial charge in [-0.25, -0.2) is 0 Å². The van der Waals surface area contributed by atoms with Crippen LogP contribution >= 0.6 is 11.3 Å². The summed E-state index contributed by atoms with van der Waals surface area (Å²) >= 11 is 1.77. The van der Waals surface area contributed by atoms with E-state index in [1.165, 1.54) is 17.7 Å². The third-order valence-corrected chi connectivity index (χ3v) is 3.78. The number of nitrogens with one attached hydrogen (secondary N) is 1. The Hall–Kier alpha value is -0.870. The lowest BCUT2D eigenvalue weighted by Gasteiger charge is -2.20. The molecule has 0 bridgehead atoms. The van der Waals surface area contributed by atoms with Crippen LogP contribution in [0.2, 0.25) is 0 Å². The highest BCUT2D eigenvalue weighted by atomic mass is 32.1. The zero-order valence-corrected chi connectivity index (χ0v) is 11.1. The fourth-order valence-corrected chi connectivity index (χ4v) is 2.59. The van der Waals surface area contributed by atoms with Crippen LogP contribution in [0.4, 0.5) is 0 Å². The van der Waals surface area contributed by atoms with Gasteiger partial charge >= 0.3 is 0 Å². The van der Waals surface area contributed by atoms with Crippen molar-refractivity contribution in [3.05, 3.63) is 22.4 Å². The van der Waals surface area contributed by atoms with E-state index >= 15 is 0 Å². The van der Waals surface area contributed by atoms with Crippen LogP contribution in [0.25, 0.3) is 0 Å². The highest BCUT2D eigenvalue weighted by Crippen LogP contribution is 2.28. The molecule has 1 aliphatic carbocycles. The topological polar surface area (TPSA) is 32.3 Å². The van der Waals surface area contributed by atoms with Crippen molar-refractivity contribution in [2.75, 3.05) is 13.1 Å². The van der Waals surface area contributed by atoms with E-state index in [1.54, 1.807) is 11.3 Å². The molecule has 1 N–H and O–H groups in total. The van der Waals surface area contributed by atoms with Crippen LogP contribution in [0.5, 0.6) is 0 Å². The van der Waals surface area contributed by atoms with Crippen LogP contribution < -0.4 is 5.32 Å². The molecule has 1 heterocycles. The van der Waals surface area contributed by atoms with E-state index in [1.807, 2.05) is 0 Å². The minimum atomic E-state index is 0.162. The molecule has 1 saturated carbocycles. The van der Waals surface area contributed by atoms with E-state index in [0.717, 1.165) is 19.5 Å². The molecule has 1 aromatic heterocycles. The van der Waals surface area contributed by atoms with Crippen molar-refractivity contribution in [3.63, 3.8) is 0 Å². The van der Waals surface area contributed by atoms with Gasteiger partial charge in [0.15, 0.2) is 0 Å². The Bertz CT molecular complexity index is 346. The molecular weight excluding hydrogens is 232 g/mol. The van der Waals surface area contributed by atoms with Crippen LogP contribution in [0.1, 0.15) is 31.1 Å². The molecule has 1 fully saturated rings. The van der Waals surface area contributed by atoms with Gasteiger partial charge in [-0.1, -0.05) is 13.0 Å². The molecule has 0 spiro atoms. The fraction of sp³-hybridized carbons (Fsp3) is 0.615. The van der Waals surface area contributed by atoms with Crippen molar-refractivity contribution >= 4 is 17.2 Å². The number of hydrogen-bond acceptors (Lipinski definition) is 3. The van der Waals surface area contributed by atoms with Gasteiger partial charge in [-0.2, -0.15) is 0 Å². The zero-order valence-electron chi connectivity index (χ0n) is 10.3. The molecule has 3 nitrogen and oxygen atoms in total. The molecule has 0 unspecified atom stereocenters. The summed E-state index contributed by atoms with van der Waals surface area (Å²) in [4.78, 5) is 15.4. The summed E-state index contributed by atoms with van der Waals surface area (Å²) in [5, 5.41) is 5.04. The Morgan fingerprint density at radius 1 is 1.59 bits per heavy atom. The van der Waals surface area contributed by atoms with Gasteiger partial charge in [-0.3, -0.25) is 9.69 Å². The van der Waals surface area contributed by atoms with E-state index < -0.39 is 0 Å². The minimum Gasteiger partial charge on any atom is -0.355 e. The maximum absolute atomic E-state index is 11.7. The number of carbonyl (C=O) groups is 1. The Labute approximate surface area is 107 Å². The zero-order chi connectivity index (χ0) is 12.1. The van der Waals surface area contributed by atoms with Crippen molar-refractivity contribution < 1.29 is 4.79 Å². The normalized spacial score (nSPS) is 15.2. The molecule has 0 aromatic carbocycles. The van der Waals surface area contributed by atoms with Crippen molar-refractivity contribution in [1.29, 1.82) is 0 Å². The van der Waals surface area contributed by atoms with Crippen LogP contribution in [0.3, 0.4) is 0 Å². The van der Waals surface area contributed by atoms with Crippen molar-refractivity contribution in [1.82, 2.24) is 10.2 Å². The lowest BCUT2D eigenvalue weighted by Crippen LogP contribution is -2.38. The van der Waals surface area contributed by atoms with Gasteiger partial charge in [-0.15, -0.1) is 11.3 Å². The maximum Gasteiger partial charge on any atom is 0.234 e. The average molecular weight is 252 g/mol. The quantitative estimate of drug-likeness (QED) is 0.807. The molecule has 1 aliphatic rings. The second-order valence-electron chi connectivity index (χ2n) is 4.57. The molecule has 2 rings (SSSR count). The van der Waals surface area contributed by atoms with Gasteiger partial charge in [0, 0.05) is 24.0 Å². The maximum atomic E-state index is 11.7. The van der Waals surface area contributed by atoms with E-state index in [-0.39, 0.29) is 5.91 Å². The predicted octanol–water partition coefficient (Wildman–Crippen LogP) is 2.24. The Morgan fingerprint density at radius 2 is 2.41 bits per heavy atom. The number of nitrogens with zero attached hydrogens (tertiary/aromatic N) is 1. The van der Waals surface area contributed by atoms with E-state index in [4.69, 9.17) is 0 Å². The van der Waals surface area contributed by atoms with Gasteiger partial charge in [0.1, 0.15) is 0 Å². The first-order chi connectivity index (χ1) is 8.29. The minimum absolute atomic E-state index is 0.162. The van der Waals surface area contributed by atoms with Gasteiger partial charge in [0.05, 0.1) is 6.54 Å². The third kappa shape index (κ3) is 4.13. The summed E-state index contributed by atoms with van der Waals surface area (Å²) in [6.07, 6.45) is 3.49. The standard InChI is InChI=1S/C13H20N2OS/c1-2-7-14-13(16)10-15(11-5-6-11)9-12-4-3-8-17-12/h3-4,8,11H,2,5-7,9-10H2,1H3,(H,14,16). The molecule has 17 heavy (non-hydrogen) atoms. The molecule has 1 amide bonds. The van der Waals surface area contributed by atoms with E-state index in [0.29, 0.717) is 12.6 Å². The number of amides is 1. The summed E-state index contributed by atoms with van der Waals surface area (Å²) in [5.74, 6) is 0.162. The summed E-state index contributed by atoms with van der Waals surface area (Å²) < 4.78 is 0. The smallest absolute Gasteiger partial charge is 0.234 e. The van der Waals surface area contributed by atoms with Crippen LogP contribution in [0, 0.1) is 0 Å². The fourth-order valence-electron chi connectivity index (χ4n) is 1.86. The number of hydrogen-bond donors (Lipinski definition) is 1.